The first-order chi connectivity index (χ1) is 5.22. The van der Waals surface area contributed by atoms with Gasteiger partial charge >= 0.3 is 5.69 Å². The van der Waals surface area contributed by atoms with Gasteiger partial charge in [0.15, 0.2) is 8.29 Å². The van der Waals surface area contributed by atoms with E-state index in [1.165, 1.54) is 23.1 Å². The molecular formula is C5H6N2OS3. The zero-order valence-corrected chi connectivity index (χ0v) is 8.24. The lowest BCUT2D eigenvalue weighted by Gasteiger charge is -1.91. The fourth-order valence-corrected chi connectivity index (χ4v) is 2.65. The second kappa shape index (κ2) is 3.99. The van der Waals surface area contributed by atoms with Gasteiger partial charge in [-0.3, -0.25) is 4.98 Å². The van der Waals surface area contributed by atoms with Gasteiger partial charge in [0.25, 0.3) is 0 Å². The topological polar surface area (TPSA) is 45.8 Å². The molecule has 0 aromatic carbocycles. The number of hydrogen-bond donors (Lipinski definition) is 1. The molecule has 1 heterocycles. The standard InChI is InChI=1S/C5H6N2OS3/c1-2-10-5-7-3(8)6-4(9)11-5/h2H2,1H3,(H,6,8,9). The Morgan fingerprint density at radius 2 is 2.55 bits per heavy atom. The van der Waals surface area contributed by atoms with Gasteiger partial charge in [-0.25, -0.2) is 4.79 Å². The molecule has 0 aliphatic rings. The molecule has 6 heteroatoms. The molecule has 0 fully saturated rings. The number of hydrogen-bond acceptors (Lipinski definition) is 5. The molecule has 0 saturated carbocycles. The quantitative estimate of drug-likeness (QED) is 0.590. The number of thioether (sulfide) groups is 1. The molecule has 1 N–H and O–H groups in total. The van der Waals surface area contributed by atoms with E-state index < -0.39 is 0 Å². The summed E-state index contributed by atoms with van der Waals surface area (Å²) in [5.74, 6) is 0.904. The summed E-state index contributed by atoms with van der Waals surface area (Å²) in [5.41, 5.74) is -0.357. The molecule has 0 unspecified atom stereocenters. The van der Waals surface area contributed by atoms with Crippen LogP contribution in [0.2, 0.25) is 0 Å². The zero-order valence-electron chi connectivity index (χ0n) is 5.79. The number of aromatic nitrogens is 2. The summed E-state index contributed by atoms with van der Waals surface area (Å²) in [6, 6.07) is 0. The monoisotopic (exact) mass is 206 g/mol. The minimum absolute atomic E-state index is 0.357. The van der Waals surface area contributed by atoms with Gasteiger partial charge in [-0.2, -0.15) is 4.98 Å². The van der Waals surface area contributed by atoms with E-state index in [0.29, 0.717) is 3.95 Å². The summed E-state index contributed by atoms with van der Waals surface area (Å²) < 4.78 is 1.22. The minimum atomic E-state index is -0.357. The number of nitrogens with one attached hydrogen (secondary N) is 1. The van der Waals surface area contributed by atoms with Crippen LogP contribution in [0.4, 0.5) is 0 Å². The van der Waals surface area contributed by atoms with Crippen molar-refractivity contribution in [3.05, 3.63) is 14.4 Å². The predicted octanol–water partition coefficient (Wildman–Crippen LogP) is 1.67. The van der Waals surface area contributed by atoms with Crippen LogP contribution in [0.1, 0.15) is 6.92 Å². The SMILES string of the molecule is CCSc1nc(=O)[nH]c(=S)s1. The van der Waals surface area contributed by atoms with Crippen LogP contribution >= 0.6 is 35.3 Å². The van der Waals surface area contributed by atoms with E-state index in [4.69, 9.17) is 12.2 Å². The number of aromatic amines is 1. The van der Waals surface area contributed by atoms with E-state index in [1.807, 2.05) is 6.92 Å². The Morgan fingerprint density at radius 1 is 1.82 bits per heavy atom. The average Bonchev–Trinajstić information content (AvgIpc) is 1.85. The summed E-state index contributed by atoms with van der Waals surface area (Å²) in [6.45, 7) is 2.00. The van der Waals surface area contributed by atoms with Crippen molar-refractivity contribution in [3.63, 3.8) is 0 Å². The van der Waals surface area contributed by atoms with Gasteiger partial charge in [0, 0.05) is 0 Å². The molecule has 0 amide bonds. The molecule has 11 heavy (non-hydrogen) atoms. The number of H-pyrrole nitrogens is 1. The summed E-state index contributed by atoms with van der Waals surface area (Å²) in [6.07, 6.45) is 0. The second-order valence-corrected chi connectivity index (χ2v) is 4.81. The van der Waals surface area contributed by atoms with Crippen LogP contribution in [0.15, 0.2) is 9.13 Å². The Morgan fingerprint density at radius 3 is 3.09 bits per heavy atom. The maximum absolute atomic E-state index is 10.7. The van der Waals surface area contributed by atoms with Crippen molar-refractivity contribution >= 4 is 35.3 Å². The van der Waals surface area contributed by atoms with Gasteiger partial charge in [0.1, 0.15) is 0 Å². The van der Waals surface area contributed by atoms with Crippen molar-refractivity contribution in [1.29, 1.82) is 0 Å². The Labute approximate surface area is 76.9 Å². The first-order valence-corrected chi connectivity index (χ1v) is 5.17. The van der Waals surface area contributed by atoms with Gasteiger partial charge in [-0.15, -0.1) is 0 Å². The third-order valence-electron chi connectivity index (χ3n) is 0.850. The van der Waals surface area contributed by atoms with Gasteiger partial charge in [-0.1, -0.05) is 30.0 Å². The van der Waals surface area contributed by atoms with Crippen LogP contribution in [0, 0.1) is 3.95 Å². The highest BCUT2D eigenvalue weighted by Gasteiger charge is 1.95. The maximum Gasteiger partial charge on any atom is 0.348 e. The number of nitrogens with zero attached hydrogens (tertiary/aromatic N) is 1. The van der Waals surface area contributed by atoms with E-state index in [9.17, 15) is 4.79 Å². The molecule has 60 valence electrons. The van der Waals surface area contributed by atoms with Crippen molar-refractivity contribution < 1.29 is 0 Å². The van der Waals surface area contributed by atoms with Gasteiger partial charge in [0.05, 0.1) is 0 Å². The minimum Gasteiger partial charge on any atom is -0.288 e. The van der Waals surface area contributed by atoms with Crippen molar-refractivity contribution in [1.82, 2.24) is 9.97 Å². The third kappa shape index (κ3) is 2.72. The lowest BCUT2D eigenvalue weighted by Crippen LogP contribution is -2.08. The number of rotatable bonds is 2. The second-order valence-electron chi connectivity index (χ2n) is 1.63. The Kier molecular flexibility index (Phi) is 3.22. The smallest absolute Gasteiger partial charge is 0.288 e. The first kappa shape index (κ1) is 8.89. The molecule has 0 saturated heterocycles. The van der Waals surface area contributed by atoms with Crippen molar-refractivity contribution in [2.75, 3.05) is 5.75 Å². The molecule has 0 aliphatic carbocycles. The van der Waals surface area contributed by atoms with E-state index in [2.05, 4.69) is 9.97 Å². The molecule has 1 rings (SSSR count). The molecule has 1 aromatic heterocycles. The molecule has 0 spiro atoms. The van der Waals surface area contributed by atoms with E-state index >= 15 is 0 Å². The van der Waals surface area contributed by atoms with E-state index in [1.54, 1.807) is 0 Å². The first-order valence-electron chi connectivity index (χ1n) is 2.96. The van der Waals surface area contributed by atoms with Crippen molar-refractivity contribution in [2.45, 2.75) is 11.3 Å². The summed E-state index contributed by atoms with van der Waals surface area (Å²) in [4.78, 5) is 16.9. The van der Waals surface area contributed by atoms with Crippen LogP contribution in [0.3, 0.4) is 0 Å². The van der Waals surface area contributed by atoms with Crippen LogP contribution in [0.5, 0.6) is 0 Å². The lowest BCUT2D eigenvalue weighted by molar-refractivity contribution is 1.03. The van der Waals surface area contributed by atoms with Crippen molar-refractivity contribution in [2.24, 2.45) is 0 Å². The Balaban J connectivity index is 3.09. The molecule has 0 bridgehead atoms. The molecular weight excluding hydrogens is 200 g/mol. The normalized spacial score (nSPS) is 9.91. The molecule has 0 aliphatic heterocycles. The largest absolute Gasteiger partial charge is 0.348 e. The Hall–Kier alpha value is -0.200. The fourth-order valence-electron chi connectivity index (χ4n) is 0.511. The lowest BCUT2D eigenvalue weighted by atomic mass is 11.0. The van der Waals surface area contributed by atoms with Crippen LogP contribution in [0.25, 0.3) is 0 Å². The summed E-state index contributed by atoms with van der Waals surface area (Å²) in [7, 11) is 0. The highest BCUT2D eigenvalue weighted by molar-refractivity contribution is 8.01. The van der Waals surface area contributed by atoms with Crippen molar-refractivity contribution in [3.8, 4) is 0 Å². The summed E-state index contributed by atoms with van der Waals surface area (Å²) >= 11 is 7.66. The van der Waals surface area contributed by atoms with Gasteiger partial charge < -0.3 is 0 Å². The highest BCUT2D eigenvalue weighted by Crippen LogP contribution is 2.17. The van der Waals surface area contributed by atoms with Crippen LogP contribution in [-0.4, -0.2) is 15.7 Å². The van der Waals surface area contributed by atoms with E-state index in [-0.39, 0.29) is 5.69 Å². The summed E-state index contributed by atoms with van der Waals surface area (Å²) in [5, 5.41) is 0. The molecule has 1 aromatic rings. The van der Waals surface area contributed by atoms with Crippen LogP contribution < -0.4 is 5.69 Å². The maximum atomic E-state index is 10.7. The van der Waals surface area contributed by atoms with Crippen LogP contribution in [-0.2, 0) is 0 Å². The zero-order chi connectivity index (χ0) is 8.27. The van der Waals surface area contributed by atoms with Gasteiger partial charge in [0.2, 0.25) is 0 Å². The Bertz CT molecular complexity index is 314. The molecule has 3 nitrogen and oxygen atoms in total. The molecule has 0 radical (unpaired) electrons. The highest BCUT2D eigenvalue weighted by atomic mass is 32.2. The fraction of sp³-hybridized carbons (Fsp3) is 0.400. The van der Waals surface area contributed by atoms with Gasteiger partial charge in [-0.05, 0) is 18.0 Å². The average molecular weight is 206 g/mol. The van der Waals surface area contributed by atoms with E-state index in [0.717, 1.165) is 10.1 Å². The third-order valence-corrected chi connectivity index (χ3v) is 2.99. The molecule has 0 atom stereocenters. The predicted molar refractivity (Wildman–Crippen MR) is 50.0 cm³/mol.